The summed E-state index contributed by atoms with van der Waals surface area (Å²) in [5.41, 5.74) is -7.28. The summed E-state index contributed by atoms with van der Waals surface area (Å²) >= 11 is 0.845. The molecular weight excluding hydrogens is 835 g/mol. The number of esters is 4. The number of ether oxygens (including phenoxy) is 5. The molecule has 334 valence electrons. The maximum Gasteiger partial charge on any atom is 0.338 e. The quantitative estimate of drug-likeness (QED) is 0.0929. The topological polar surface area (TPSA) is 221 Å². The first-order valence-corrected chi connectivity index (χ1v) is 21.4. The second-order valence-corrected chi connectivity index (χ2v) is 18.4. The monoisotopic (exact) mass is 885 g/mol. The van der Waals surface area contributed by atoms with Crippen LogP contribution in [-0.4, -0.2) is 105 Å². The van der Waals surface area contributed by atoms with E-state index in [2.05, 4.69) is 5.32 Å². The van der Waals surface area contributed by atoms with Gasteiger partial charge in [-0.05, 0) is 66.6 Å². The minimum atomic E-state index is -2.39. The first-order valence-electron chi connectivity index (χ1n) is 20.6. The molecule has 1 aliphatic heterocycles. The predicted molar refractivity (Wildman–Crippen MR) is 225 cm³/mol. The molecule has 2 bridgehead atoms. The van der Waals surface area contributed by atoms with E-state index in [1.54, 1.807) is 92.7 Å². The number of hydrogen-bond acceptors (Lipinski definition) is 15. The van der Waals surface area contributed by atoms with Crippen LogP contribution in [0.1, 0.15) is 76.3 Å². The zero-order valence-corrected chi connectivity index (χ0v) is 36.5. The summed E-state index contributed by atoms with van der Waals surface area (Å²) in [7, 11) is 0. The lowest BCUT2D eigenvalue weighted by molar-refractivity contribution is -0.346. The molecule has 0 spiro atoms. The number of benzene rings is 3. The molecule has 4 N–H and O–H groups in total. The van der Waals surface area contributed by atoms with Gasteiger partial charge in [0.05, 0.1) is 35.6 Å². The van der Waals surface area contributed by atoms with Crippen LogP contribution in [0.25, 0.3) is 0 Å². The first-order chi connectivity index (χ1) is 29.8. The van der Waals surface area contributed by atoms with Crippen LogP contribution in [0, 0.1) is 16.7 Å². The summed E-state index contributed by atoms with van der Waals surface area (Å²) in [4.78, 5) is 84.0. The molecule has 3 aromatic rings. The average Bonchev–Trinajstić information content (AvgIpc) is 3.24. The van der Waals surface area contributed by atoms with Crippen molar-refractivity contribution in [3.8, 4) is 0 Å². The highest BCUT2D eigenvalue weighted by Gasteiger charge is 2.78. The van der Waals surface area contributed by atoms with Crippen LogP contribution in [0.2, 0.25) is 0 Å². The number of carbonyl (C=O) groups is 6. The van der Waals surface area contributed by atoms with E-state index in [4.69, 9.17) is 23.7 Å². The van der Waals surface area contributed by atoms with Crippen molar-refractivity contribution in [2.45, 2.75) is 113 Å². The van der Waals surface area contributed by atoms with Gasteiger partial charge in [-0.25, -0.2) is 9.59 Å². The molecule has 15 nitrogen and oxygen atoms in total. The number of thioether (sulfide) groups is 1. The Labute approximate surface area is 368 Å². The number of nitrogens with one attached hydrogen (secondary N) is 1. The molecule has 1 saturated heterocycles. The smallest absolute Gasteiger partial charge is 0.338 e. The number of rotatable bonds is 10. The molecule has 2 saturated carbocycles. The lowest BCUT2D eigenvalue weighted by Crippen LogP contribution is -2.82. The molecule has 0 radical (unpaired) electrons. The van der Waals surface area contributed by atoms with Crippen molar-refractivity contribution >= 4 is 46.7 Å². The molecule has 3 fully saturated rings. The molecule has 16 heteroatoms. The van der Waals surface area contributed by atoms with Crippen molar-refractivity contribution in [3.63, 3.8) is 0 Å². The number of aliphatic hydroxyl groups excluding tert-OH is 2. The standard InChI is InChI=1S/C47H51NO14S/c1-25-31(60-42(55)36(52)35(28-16-10-7-11-17-28)48-43(56)63-30-20-14-9-15-21-30)23-47(57)40(61-41(54)29-18-12-8-13-19-29)38-45(6,32(51)22-33-46(38,24-58-33)62-27(3)50)39(53)37(59-26(2)49)34(25)44(47,4)5/h7-21,31-33,35-38,40,51-52,57H,22-24H2,1-6H3,(H,48,56)/t31-,32-,33+,35-,36+,37+,38-,40-,45+,46-,47+/m0/s1. The van der Waals surface area contributed by atoms with Gasteiger partial charge in [-0.3, -0.25) is 19.2 Å². The summed E-state index contributed by atoms with van der Waals surface area (Å²) in [6.45, 7) is 7.98. The van der Waals surface area contributed by atoms with Gasteiger partial charge in [0.15, 0.2) is 23.6 Å². The van der Waals surface area contributed by atoms with Crippen LogP contribution in [0.3, 0.4) is 0 Å². The fourth-order valence-corrected chi connectivity index (χ4v) is 10.8. The highest BCUT2D eigenvalue weighted by molar-refractivity contribution is 8.13. The average molecular weight is 886 g/mol. The molecule has 4 aliphatic rings. The van der Waals surface area contributed by atoms with Crippen LogP contribution in [-0.2, 0) is 42.9 Å². The van der Waals surface area contributed by atoms with Crippen molar-refractivity contribution in [3.05, 3.63) is 113 Å². The van der Waals surface area contributed by atoms with Gasteiger partial charge in [-0.2, -0.15) is 0 Å². The van der Waals surface area contributed by atoms with E-state index in [1.807, 2.05) is 0 Å². The number of amides is 1. The largest absolute Gasteiger partial charge is 0.456 e. The summed E-state index contributed by atoms with van der Waals surface area (Å²) < 4.78 is 30.3. The van der Waals surface area contributed by atoms with E-state index >= 15 is 4.79 Å². The Morgan fingerprint density at radius 3 is 2.03 bits per heavy atom. The summed E-state index contributed by atoms with van der Waals surface area (Å²) in [6.07, 6.45) is -10.5. The van der Waals surface area contributed by atoms with Gasteiger partial charge in [0.1, 0.15) is 23.9 Å². The van der Waals surface area contributed by atoms with Gasteiger partial charge >= 0.3 is 23.9 Å². The first kappa shape index (κ1) is 45.6. The number of hydrogen-bond donors (Lipinski definition) is 4. The summed E-state index contributed by atoms with van der Waals surface area (Å²) in [5.74, 6) is -6.25. The third-order valence-corrected chi connectivity index (χ3v) is 14.2. The zero-order chi connectivity index (χ0) is 45.6. The number of aliphatic hydroxyl groups is 3. The lowest BCUT2D eigenvalue weighted by Gasteiger charge is -2.67. The van der Waals surface area contributed by atoms with Crippen LogP contribution in [0.5, 0.6) is 0 Å². The van der Waals surface area contributed by atoms with E-state index in [1.165, 1.54) is 26.0 Å². The molecule has 1 heterocycles. The van der Waals surface area contributed by atoms with E-state index in [0.717, 1.165) is 25.6 Å². The predicted octanol–water partition coefficient (Wildman–Crippen LogP) is 4.81. The number of Topliss-reactive ketones (excluding diaryl/α,β-unsaturated/α-hetero) is 1. The van der Waals surface area contributed by atoms with Crippen LogP contribution >= 0.6 is 11.8 Å². The highest BCUT2D eigenvalue weighted by atomic mass is 32.2. The second-order valence-electron chi connectivity index (χ2n) is 17.4. The Morgan fingerprint density at radius 1 is 0.857 bits per heavy atom. The van der Waals surface area contributed by atoms with Crippen molar-refractivity contribution in [2.24, 2.45) is 16.7 Å². The van der Waals surface area contributed by atoms with Crippen molar-refractivity contribution < 1.29 is 67.8 Å². The number of carbonyl (C=O) groups excluding carboxylic acids is 6. The van der Waals surface area contributed by atoms with Gasteiger partial charge in [-0.1, -0.05) is 80.6 Å². The molecule has 1 amide bonds. The van der Waals surface area contributed by atoms with Gasteiger partial charge in [0.25, 0.3) is 5.24 Å². The molecule has 0 unspecified atom stereocenters. The number of fused-ring (bicyclic) bond motifs is 5. The fourth-order valence-electron chi connectivity index (χ4n) is 10.1. The van der Waals surface area contributed by atoms with E-state index < -0.39 is 112 Å². The van der Waals surface area contributed by atoms with Crippen LogP contribution < -0.4 is 5.32 Å². The van der Waals surface area contributed by atoms with Gasteiger partial charge < -0.3 is 44.3 Å². The second kappa shape index (κ2) is 17.3. The summed E-state index contributed by atoms with van der Waals surface area (Å²) in [5, 5.41) is 39.7. The Bertz CT molecular complexity index is 2310. The molecular formula is C47H51NO14S. The molecule has 11 atom stereocenters. The van der Waals surface area contributed by atoms with E-state index in [-0.39, 0.29) is 29.7 Å². The van der Waals surface area contributed by atoms with Crippen molar-refractivity contribution in [1.29, 1.82) is 0 Å². The molecule has 63 heavy (non-hydrogen) atoms. The van der Waals surface area contributed by atoms with E-state index in [0.29, 0.717) is 10.5 Å². The van der Waals surface area contributed by atoms with Crippen LogP contribution in [0.15, 0.2) is 107 Å². The van der Waals surface area contributed by atoms with Gasteiger partial charge in [0, 0.05) is 37.0 Å². The number of ketones is 1. The third-order valence-electron chi connectivity index (χ3n) is 13.4. The van der Waals surface area contributed by atoms with Gasteiger partial charge in [0.2, 0.25) is 0 Å². The third kappa shape index (κ3) is 7.96. The maximum atomic E-state index is 15.5. The summed E-state index contributed by atoms with van der Waals surface area (Å²) in [6, 6.07) is 23.5. The molecule has 3 aromatic carbocycles. The Morgan fingerprint density at radius 2 is 1.46 bits per heavy atom. The normalized spacial score (nSPS) is 31.5. The Kier molecular flexibility index (Phi) is 12.5. The Hall–Kier alpha value is -5.39. The molecule has 3 aliphatic carbocycles. The van der Waals surface area contributed by atoms with Crippen molar-refractivity contribution in [2.75, 3.05) is 6.61 Å². The molecule has 7 rings (SSSR count). The Balaban J connectivity index is 1.37. The van der Waals surface area contributed by atoms with E-state index in [9.17, 15) is 39.3 Å². The maximum absolute atomic E-state index is 15.5. The van der Waals surface area contributed by atoms with Crippen molar-refractivity contribution in [1.82, 2.24) is 5.32 Å². The minimum absolute atomic E-state index is 0.00272. The fraction of sp³-hybridized carbons (Fsp3) is 0.447. The SMILES string of the molecule is CC(=O)O[C@H]1C(=O)[C@@]2(C)[C@H]([C@H](OC(=O)c3ccccc3)[C@]3(O)C[C@H](OC(=O)[C@H](O)[C@@H](NC(=O)Sc4ccccc4)c4ccccc4)C(C)=C1C3(C)C)[C@]1(OC(C)=O)CO[C@@H]1C[C@@H]2O. The zero-order valence-electron chi connectivity index (χ0n) is 35.6. The van der Waals surface area contributed by atoms with Crippen LogP contribution in [0.4, 0.5) is 4.79 Å². The molecule has 0 aromatic heterocycles. The van der Waals surface area contributed by atoms with Gasteiger partial charge in [-0.15, -0.1) is 0 Å². The minimum Gasteiger partial charge on any atom is -0.456 e. The lowest BCUT2D eigenvalue weighted by atomic mass is 9.44. The highest BCUT2D eigenvalue weighted by Crippen LogP contribution is 2.64.